The average molecular weight is 582 g/mol. The Morgan fingerprint density at radius 1 is 0.308 bits per heavy atom. The third-order valence-corrected chi connectivity index (χ3v) is 5.22. The van der Waals surface area contributed by atoms with E-state index in [0.29, 0.717) is 0 Å². The first kappa shape index (κ1) is 27.7. The highest BCUT2D eigenvalue weighted by Gasteiger charge is 2.37. The molecule has 0 aliphatic heterocycles. The van der Waals surface area contributed by atoms with Crippen LogP contribution >= 0.6 is 0 Å². The number of fused-ring (bicyclic) bond motifs is 1. The maximum Gasteiger partial charge on any atom is 0.207 e. The Bertz CT molecular complexity index is 1690. The lowest BCUT2D eigenvalue weighted by Gasteiger charge is -2.19. The van der Waals surface area contributed by atoms with Crippen LogP contribution in [0.4, 0.5) is 65.9 Å². The molecule has 0 saturated heterocycles. The number of aromatic hydroxyl groups is 1. The molecule has 4 aromatic carbocycles. The monoisotopic (exact) mass is 582 g/mol. The first-order valence-corrected chi connectivity index (χ1v) is 9.47. The molecule has 0 saturated carbocycles. The maximum absolute atomic E-state index is 15.1. The number of phenols is 1. The molecular weight excluding hydrogens is 581 g/mol. The molecule has 0 fully saturated rings. The van der Waals surface area contributed by atoms with Gasteiger partial charge in [-0.05, 0) is 0 Å². The largest absolute Gasteiger partial charge is 0.503 e. The second kappa shape index (κ2) is 9.16. The Kier molecular flexibility index (Phi) is 6.51. The van der Waals surface area contributed by atoms with Crippen molar-refractivity contribution in [3.63, 3.8) is 0 Å². The molecule has 4 rings (SSSR count). The summed E-state index contributed by atoms with van der Waals surface area (Å²) in [6, 6.07) is 0. The predicted octanol–water partition coefficient (Wildman–Crippen LogP) is 8.09. The normalized spacial score (nSPS) is 11.6. The molecule has 0 heterocycles. The van der Waals surface area contributed by atoms with Gasteiger partial charge in [0.15, 0.2) is 52.2 Å². The number of halogens is 15. The Balaban J connectivity index is 2.26. The number of ether oxygens (including phenoxy) is 1. The van der Waals surface area contributed by atoms with E-state index in [1.165, 1.54) is 0 Å². The van der Waals surface area contributed by atoms with Crippen molar-refractivity contribution in [1.82, 2.24) is 0 Å². The molecule has 17 heteroatoms. The van der Waals surface area contributed by atoms with Gasteiger partial charge in [0.2, 0.25) is 52.3 Å². The van der Waals surface area contributed by atoms with Crippen LogP contribution in [-0.2, 0) is 0 Å². The van der Waals surface area contributed by atoms with Crippen molar-refractivity contribution in [2.75, 3.05) is 0 Å². The van der Waals surface area contributed by atoms with E-state index in [2.05, 4.69) is 4.74 Å². The maximum atomic E-state index is 15.1. The first-order valence-electron chi connectivity index (χ1n) is 9.47. The lowest BCUT2D eigenvalue weighted by molar-refractivity contribution is 0.324. The van der Waals surface area contributed by atoms with Crippen LogP contribution in [0.5, 0.6) is 17.2 Å². The van der Waals surface area contributed by atoms with Gasteiger partial charge in [-0.1, -0.05) is 0 Å². The molecule has 2 nitrogen and oxygen atoms in total. The Morgan fingerprint density at radius 2 is 0.641 bits per heavy atom. The molecule has 1 N–H and O–H groups in total. The minimum absolute atomic E-state index is 2.32. The van der Waals surface area contributed by atoms with Crippen molar-refractivity contribution in [3.05, 3.63) is 87.3 Å². The zero-order valence-electron chi connectivity index (χ0n) is 17.5. The molecule has 0 bridgehead atoms. The van der Waals surface area contributed by atoms with Crippen molar-refractivity contribution in [2.24, 2.45) is 0 Å². The molecule has 0 atom stereocenters. The van der Waals surface area contributed by atoms with E-state index < -0.39 is 126 Å². The second-order valence-corrected chi connectivity index (χ2v) is 7.32. The standard InChI is InChI=1S/C22HF15O2/c23-5-2-1(3-7(25)15(33)20(38)16(34)8(3)26)6(24)17(35)21(4(2)9(27)11(29)10(5)28)39-22-18(36)13(31)12(30)14(32)19(22)37/h38H. The van der Waals surface area contributed by atoms with Crippen LogP contribution in [0.15, 0.2) is 0 Å². The number of benzene rings is 4. The first-order chi connectivity index (χ1) is 18.1. The van der Waals surface area contributed by atoms with Crippen LogP contribution in [-0.4, -0.2) is 5.11 Å². The SMILES string of the molecule is Oc1c(F)c(F)c(-c2c(F)c(F)c(Oc3c(F)c(F)c(F)c(F)c3F)c3c(F)c(F)c(F)c(F)c23)c(F)c1F. The van der Waals surface area contributed by atoms with Gasteiger partial charge in [-0.15, -0.1) is 0 Å². The predicted molar refractivity (Wildman–Crippen MR) is 96.9 cm³/mol. The molecule has 0 spiro atoms. The van der Waals surface area contributed by atoms with Gasteiger partial charge in [0.1, 0.15) is 0 Å². The number of phenolic OH excluding ortho intramolecular Hbond substituents is 1. The average Bonchev–Trinajstić information content (AvgIpc) is 2.91. The molecule has 0 aromatic heterocycles. The zero-order chi connectivity index (χ0) is 29.4. The molecule has 0 aliphatic rings. The van der Waals surface area contributed by atoms with E-state index in [-0.39, 0.29) is 0 Å². The third-order valence-electron chi connectivity index (χ3n) is 5.22. The smallest absolute Gasteiger partial charge is 0.207 e. The summed E-state index contributed by atoms with van der Waals surface area (Å²) < 4.78 is 217. The van der Waals surface area contributed by atoms with Crippen LogP contribution < -0.4 is 4.74 Å². The second-order valence-electron chi connectivity index (χ2n) is 7.32. The molecule has 39 heavy (non-hydrogen) atoms. The highest BCUT2D eigenvalue weighted by atomic mass is 19.2. The van der Waals surface area contributed by atoms with E-state index in [9.17, 15) is 57.1 Å². The lowest BCUT2D eigenvalue weighted by Crippen LogP contribution is -2.10. The summed E-state index contributed by atoms with van der Waals surface area (Å²) in [4.78, 5) is 0. The summed E-state index contributed by atoms with van der Waals surface area (Å²) in [6.45, 7) is 0. The van der Waals surface area contributed by atoms with Crippen LogP contribution in [0, 0.1) is 87.3 Å². The molecule has 0 unspecified atom stereocenters. The summed E-state index contributed by atoms with van der Waals surface area (Å²) >= 11 is 0. The Labute approximate surface area is 203 Å². The summed E-state index contributed by atoms with van der Waals surface area (Å²) in [5, 5.41) is 4.41. The lowest BCUT2D eigenvalue weighted by atomic mass is 9.94. The van der Waals surface area contributed by atoms with Crippen molar-refractivity contribution >= 4 is 10.8 Å². The highest BCUT2D eigenvalue weighted by Crippen LogP contribution is 2.48. The molecular formula is C22HF15O2. The summed E-state index contributed by atoms with van der Waals surface area (Å²) in [5.41, 5.74) is -4.90. The molecule has 4 aromatic rings. The highest BCUT2D eigenvalue weighted by molar-refractivity contribution is 6.02. The van der Waals surface area contributed by atoms with Gasteiger partial charge in [0.05, 0.1) is 10.9 Å². The molecule has 0 amide bonds. The van der Waals surface area contributed by atoms with Gasteiger partial charge in [0.25, 0.3) is 0 Å². The van der Waals surface area contributed by atoms with E-state index in [1.807, 2.05) is 0 Å². The number of rotatable bonds is 3. The van der Waals surface area contributed by atoms with Crippen LogP contribution in [0.3, 0.4) is 0 Å². The fourth-order valence-corrected chi connectivity index (χ4v) is 3.46. The zero-order valence-corrected chi connectivity index (χ0v) is 17.5. The topological polar surface area (TPSA) is 29.5 Å². The van der Waals surface area contributed by atoms with Gasteiger partial charge >= 0.3 is 0 Å². The van der Waals surface area contributed by atoms with Gasteiger partial charge in [0, 0.05) is 10.9 Å². The summed E-state index contributed by atoms with van der Waals surface area (Å²) in [6.07, 6.45) is 0. The van der Waals surface area contributed by atoms with Crippen LogP contribution in [0.2, 0.25) is 0 Å². The van der Waals surface area contributed by atoms with Crippen molar-refractivity contribution < 1.29 is 75.7 Å². The van der Waals surface area contributed by atoms with Crippen molar-refractivity contribution in [1.29, 1.82) is 0 Å². The fraction of sp³-hybridized carbons (Fsp3) is 0. The Morgan fingerprint density at radius 3 is 1.10 bits per heavy atom. The summed E-state index contributed by atoms with van der Waals surface area (Å²) in [7, 11) is 0. The van der Waals surface area contributed by atoms with Crippen molar-refractivity contribution in [2.45, 2.75) is 0 Å². The quantitative estimate of drug-likeness (QED) is 0.150. The van der Waals surface area contributed by atoms with E-state index in [0.717, 1.165) is 0 Å². The van der Waals surface area contributed by atoms with Crippen LogP contribution in [0.1, 0.15) is 0 Å². The minimum Gasteiger partial charge on any atom is -0.503 e. The van der Waals surface area contributed by atoms with Gasteiger partial charge in [-0.25, -0.2) is 43.9 Å². The molecule has 0 radical (unpaired) electrons. The van der Waals surface area contributed by atoms with Gasteiger partial charge < -0.3 is 9.84 Å². The molecule has 206 valence electrons. The number of hydrogen-bond donors (Lipinski definition) is 1. The van der Waals surface area contributed by atoms with Gasteiger partial charge in [-0.3, -0.25) is 0 Å². The summed E-state index contributed by atoms with van der Waals surface area (Å²) in [5.74, 6) is -50.1. The molecule has 0 aliphatic carbocycles. The van der Waals surface area contributed by atoms with Gasteiger partial charge in [-0.2, -0.15) is 22.0 Å². The fourth-order valence-electron chi connectivity index (χ4n) is 3.46. The minimum atomic E-state index is -2.95. The van der Waals surface area contributed by atoms with E-state index >= 15 is 8.78 Å². The van der Waals surface area contributed by atoms with Crippen molar-refractivity contribution in [3.8, 4) is 28.4 Å². The van der Waals surface area contributed by atoms with E-state index in [4.69, 9.17) is 5.11 Å². The van der Waals surface area contributed by atoms with Crippen LogP contribution in [0.25, 0.3) is 21.9 Å². The Hall–Kier alpha value is -4.31. The third kappa shape index (κ3) is 3.69. The van der Waals surface area contributed by atoms with E-state index in [1.54, 1.807) is 0 Å². The number of hydrogen-bond acceptors (Lipinski definition) is 2.